The zero-order chi connectivity index (χ0) is 19.8. The van der Waals surface area contributed by atoms with Gasteiger partial charge in [-0.3, -0.25) is 9.69 Å². The fourth-order valence-corrected chi connectivity index (χ4v) is 5.29. The second-order valence-electron chi connectivity index (χ2n) is 9.35. The van der Waals surface area contributed by atoms with Crippen molar-refractivity contribution in [2.45, 2.75) is 63.6 Å². The molecule has 2 heterocycles. The number of benzene rings is 1. The number of likely N-dealkylation sites (N-methyl/N-ethyl adjacent to an activating group) is 1. The molecule has 2 fully saturated rings. The zero-order valence-electron chi connectivity index (χ0n) is 17.7. The molecule has 0 aromatic heterocycles. The summed E-state index contributed by atoms with van der Waals surface area (Å²) in [5.74, 6) is 0.219. The molecular weight excluding hydrogens is 350 g/mol. The average Bonchev–Trinajstić information content (AvgIpc) is 3.08. The molecule has 1 unspecified atom stereocenters. The average molecular weight is 386 g/mol. The van der Waals surface area contributed by atoms with Gasteiger partial charge in [-0.2, -0.15) is 0 Å². The molecule has 3 aliphatic rings. The summed E-state index contributed by atoms with van der Waals surface area (Å²) in [6, 6.07) is 8.80. The first-order valence-corrected chi connectivity index (χ1v) is 10.9. The molecule has 1 atom stereocenters. The zero-order valence-corrected chi connectivity index (χ0v) is 17.7. The molecule has 28 heavy (non-hydrogen) atoms. The van der Waals surface area contributed by atoms with E-state index in [1.807, 2.05) is 0 Å². The van der Waals surface area contributed by atoms with E-state index in [0.29, 0.717) is 0 Å². The lowest BCUT2D eigenvalue weighted by molar-refractivity contribution is -0.137. The van der Waals surface area contributed by atoms with Crippen LogP contribution in [0, 0.1) is 0 Å². The maximum atomic E-state index is 13.8. The highest BCUT2D eigenvalue weighted by Gasteiger charge is 2.49. The van der Waals surface area contributed by atoms with Crippen molar-refractivity contribution in [2.24, 2.45) is 0 Å². The van der Waals surface area contributed by atoms with Crippen molar-refractivity contribution in [1.82, 2.24) is 15.1 Å². The van der Waals surface area contributed by atoms with Crippen molar-refractivity contribution in [1.29, 1.82) is 0 Å². The largest absolute Gasteiger partial charge is 0.375 e. The van der Waals surface area contributed by atoms with Crippen LogP contribution in [0.5, 0.6) is 0 Å². The van der Waals surface area contributed by atoms with Gasteiger partial charge in [-0.05, 0) is 44.4 Å². The van der Waals surface area contributed by atoms with E-state index in [1.54, 1.807) is 0 Å². The van der Waals surface area contributed by atoms with E-state index in [4.69, 9.17) is 4.74 Å². The maximum Gasteiger partial charge on any atom is 0.241 e. The molecule has 2 saturated heterocycles. The Morgan fingerprint density at radius 2 is 1.79 bits per heavy atom. The Kier molecular flexibility index (Phi) is 5.51. The van der Waals surface area contributed by atoms with Crippen molar-refractivity contribution in [2.75, 3.05) is 39.3 Å². The first-order chi connectivity index (χ1) is 13.4. The molecule has 0 bridgehead atoms. The van der Waals surface area contributed by atoms with Gasteiger partial charge in [0.05, 0.1) is 5.60 Å². The van der Waals surface area contributed by atoms with Gasteiger partial charge in [-0.1, -0.05) is 31.2 Å². The molecule has 154 valence electrons. The van der Waals surface area contributed by atoms with E-state index in [9.17, 15) is 4.79 Å². The molecule has 1 N–H and O–H groups in total. The van der Waals surface area contributed by atoms with Gasteiger partial charge < -0.3 is 15.0 Å². The predicted octanol–water partition coefficient (Wildman–Crippen LogP) is 2.24. The summed E-state index contributed by atoms with van der Waals surface area (Å²) in [5, 5.41) is 3.44. The molecule has 1 aliphatic carbocycles. The molecule has 5 nitrogen and oxygen atoms in total. The number of nitrogens with one attached hydrogen (secondary N) is 1. The van der Waals surface area contributed by atoms with Gasteiger partial charge in [0.15, 0.2) is 0 Å². The van der Waals surface area contributed by atoms with Crippen LogP contribution in [0.2, 0.25) is 0 Å². The SMILES string of the molecule is CCN1CCN(C2(C(=O)NC3CCOC(C)(C)C3)Cc3ccccc3C2)CC1. The van der Waals surface area contributed by atoms with Crippen LogP contribution in [0.3, 0.4) is 0 Å². The van der Waals surface area contributed by atoms with E-state index in [0.717, 1.165) is 65.0 Å². The second-order valence-corrected chi connectivity index (χ2v) is 9.35. The normalized spacial score (nSPS) is 27.3. The first-order valence-electron chi connectivity index (χ1n) is 10.9. The highest BCUT2D eigenvalue weighted by atomic mass is 16.5. The summed E-state index contributed by atoms with van der Waals surface area (Å²) in [5.41, 5.74) is 2.08. The van der Waals surface area contributed by atoms with E-state index in [-0.39, 0.29) is 17.6 Å². The number of carbonyl (C=O) groups is 1. The Morgan fingerprint density at radius 1 is 1.14 bits per heavy atom. The summed E-state index contributed by atoms with van der Waals surface area (Å²) >= 11 is 0. The number of hydrogen-bond donors (Lipinski definition) is 1. The third kappa shape index (κ3) is 3.85. The van der Waals surface area contributed by atoms with Crippen LogP contribution in [0.25, 0.3) is 0 Å². The van der Waals surface area contributed by atoms with Crippen molar-refractivity contribution in [3.8, 4) is 0 Å². The summed E-state index contributed by atoms with van der Waals surface area (Å²) in [6.45, 7) is 12.3. The molecule has 1 aromatic carbocycles. The van der Waals surface area contributed by atoms with Gasteiger partial charge in [0, 0.05) is 51.7 Å². The fraction of sp³-hybridized carbons (Fsp3) is 0.696. The smallest absolute Gasteiger partial charge is 0.241 e. The van der Waals surface area contributed by atoms with Gasteiger partial charge >= 0.3 is 0 Å². The van der Waals surface area contributed by atoms with Crippen LogP contribution in [-0.2, 0) is 22.4 Å². The highest BCUT2D eigenvalue weighted by Crippen LogP contribution is 2.36. The molecule has 0 radical (unpaired) electrons. The number of fused-ring (bicyclic) bond motifs is 1. The molecule has 4 rings (SSSR count). The van der Waals surface area contributed by atoms with Gasteiger partial charge in [0.2, 0.25) is 5.91 Å². The number of ether oxygens (including phenoxy) is 1. The van der Waals surface area contributed by atoms with E-state index in [1.165, 1.54) is 11.1 Å². The van der Waals surface area contributed by atoms with Crippen molar-refractivity contribution < 1.29 is 9.53 Å². The van der Waals surface area contributed by atoms with Gasteiger partial charge in [0.25, 0.3) is 0 Å². The molecule has 2 aliphatic heterocycles. The van der Waals surface area contributed by atoms with Gasteiger partial charge in [0.1, 0.15) is 5.54 Å². The van der Waals surface area contributed by atoms with E-state index >= 15 is 0 Å². The molecule has 0 spiro atoms. The van der Waals surface area contributed by atoms with E-state index in [2.05, 4.69) is 60.2 Å². The van der Waals surface area contributed by atoms with Crippen LogP contribution >= 0.6 is 0 Å². The number of carbonyl (C=O) groups excluding carboxylic acids is 1. The van der Waals surface area contributed by atoms with E-state index < -0.39 is 5.54 Å². The molecule has 5 heteroatoms. The Morgan fingerprint density at radius 3 is 2.36 bits per heavy atom. The van der Waals surface area contributed by atoms with Crippen LogP contribution in [-0.4, -0.2) is 72.2 Å². The lowest BCUT2D eigenvalue weighted by atomic mass is 9.88. The monoisotopic (exact) mass is 385 g/mol. The van der Waals surface area contributed by atoms with Crippen molar-refractivity contribution in [3.63, 3.8) is 0 Å². The lowest BCUT2D eigenvalue weighted by Crippen LogP contribution is -2.65. The minimum Gasteiger partial charge on any atom is -0.375 e. The number of rotatable bonds is 4. The predicted molar refractivity (Wildman–Crippen MR) is 111 cm³/mol. The topological polar surface area (TPSA) is 44.8 Å². The lowest BCUT2D eigenvalue weighted by Gasteiger charge is -2.46. The number of hydrogen-bond acceptors (Lipinski definition) is 4. The third-order valence-electron chi connectivity index (χ3n) is 6.96. The summed E-state index contributed by atoms with van der Waals surface area (Å²) < 4.78 is 5.85. The quantitative estimate of drug-likeness (QED) is 0.863. The van der Waals surface area contributed by atoms with Crippen LogP contribution in [0.1, 0.15) is 44.7 Å². The molecule has 0 saturated carbocycles. The Balaban J connectivity index is 1.55. The van der Waals surface area contributed by atoms with Crippen LogP contribution in [0.15, 0.2) is 24.3 Å². The molecular formula is C23H35N3O2. The summed E-state index contributed by atoms with van der Waals surface area (Å²) in [7, 11) is 0. The van der Waals surface area contributed by atoms with Gasteiger partial charge in [-0.15, -0.1) is 0 Å². The highest BCUT2D eigenvalue weighted by molar-refractivity contribution is 5.88. The van der Waals surface area contributed by atoms with Crippen molar-refractivity contribution >= 4 is 5.91 Å². The Bertz CT molecular complexity index is 685. The minimum absolute atomic E-state index is 0.158. The first kappa shape index (κ1) is 19.9. The fourth-order valence-electron chi connectivity index (χ4n) is 5.29. The summed E-state index contributed by atoms with van der Waals surface area (Å²) in [4.78, 5) is 18.7. The number of nitrogens with zero attached hydrogens (tertiary/aromatic N) is 2. The summed E-state index contributed by atoms with van der Waals surface area (Å²) in [6.07, 6.45) is 3.44. The molecule has 1 amide bonds. The Labute approximate surface area is 169 Å². The standard InChI is InChI=1S/C23H35N3O2/c1-4-25-10-12-26(13-11-25)23(15-18-7-5-6-8-19(18)16-23)21(27)24-20-9-14-28-22(2,3)17-20/h5-8,20H,4,9-17H2,1-3H3,(H,24,27). The van der Waals surface area contributed by atoms with Crippen LogP contribution in [0.4, 0.5) is 0 Å². The number of amides is 1. The Hall–Kier alpha value is -1.43. The third-order valence-corrected chi connectivity index (χ3v) is 6.96. The second kappa shape index (κ2) is 7.77. The number of piperazine rings is 1. The van der Waals surface area contributed by atoms with Crippen molar-refractivity contribution in [3.05, 3.63) is 35.4 Å². The van der Waals surface area contributed by atoms with Gasteiger partial charge in [-0.25, -0.2) is 0 Å². The molecule has 1 aromatic rings. The minimum atomic E-state index is -0.439. The maximum absolute atomic E-state index is 13.8. The van der Waals surface area contributed by atoms with Crippen LogP contribution < -0.4 is 5.32 Å².